The summed E-state index contributed by atoms with van der Waals surface area (Å²) in [7, 11) is 2.49. The van der Waals surface area contributed by atoms with Crippen LogP contribution in [0.15, 0.2) is 0 Å². The van der Waals surface area contributed by atoms with Gasteiger partial charge in [-0.15, -0.1) is 12.3 Å². The molecule has 90 valence electrons. The van der Waals surface area contributed by atoms with Gasteiger partial charge in [-0.2, -0.15) is 0 Å². The first kappa shape index (κ1) is 14.5. The van der Waals surface area contributed by atoms with Gasteiger partial charge in [0.1, 0.15) is 0 Å². The monoisotopic (exact) mass is 226 g/mol. The molecule has 0 aliphatic heterocycles. The van der Waals surface area contributed by atoms with Crippen LogP contribution in [0.4, 0.5) is 0 Å². The Hall–Kier alpha value is -1.50. The van der Waals surface area contributed by atoms with Crippen LogP contribution < -0.4 is 0 Å². The zero-order chi connectivity index (χ0) is 12.8. The molecule has 0 aliphatic rings. The normalized spacial score (nSPS) is 10.8. The summed E-state index contributed by atoms with van der Waals surface area (Å²) in [5.41, 5.74) is -0.304. The minimum atomic E-state index is -0.904. The van der Waals surface area contributed by atoms with E-state index in [1.54, 1.807) is 0 Å². The zero-order valence-electron chi connectivity index (χ0n) is 10.2. The van der Waals surface area contributed by atoms with Crippen LogP contribution in [0, 0.1) is 23.7 Å². The van der Waals surface area contributed by atoms with E-state index in [2.05, 4.69) is 15.4 Å². The first-order chi connectivity index (χ1) is 7.37. The Morgan fingerprint density at radius 2 is 1.69 bits per heavy atom. The molecule has 0 heterocycles. The van der Waals surface area contributed by atoms with Gasteiger partial charge in [0.05, 0.1) is 14.2 Å². The first-order valence-corrected chi connectivity index (χ1v) is 4.97. The van der Waals surface area contributed by atoms with E-state index >= 15 is 0 Å². The van der Waals surface area contributed by atoms with E-state index in [-0.39, 0.29) is 5.41 Å². The second kappa shape index (κ2) is 6.16. The van der Waals surface area contributed by atoms with E-state index in [0.29, 0.717) is 12.8 Å². The van der Waals surface area contributed by atoms with Gasteiger partial charge in [-0.3, -0.25) is 9.59 Å². The summed E-state index contributed by atoms with van der Waals surface area (Å²) < 4.78 is 9.14. The van der Waals surface area contributed by atoms with Crippen molar-refractivity contribution in [1.29, 1.82) is 0 Å². The van der Waals surface area contributed by atoms with Crippen LogP contribution in [0.2, 0.25) is 0 Å². The molecular formula is C12H18O4. The maximum atomic E-state index is 11.4. The van der Waals surface area contributed by atoms with Gasteiger partial charge in [0.25, 0.3) is 0 Å². The smallest absolute Gasteiger partial charge is 0.320 e. The van der Waals surface area contributed by atoms with Gasteiger partial charge >= 0.3 is 11.9 Å². The third-order valence-corrected chi connectivity index (χ3v) is 2.31. The third kappa shape index (κ3) is 4.35. The molecule has 0 aliphatic carbocycles. The molecule has 0 spiro atoms. The van der Waals surface area contributed by atoms with Gasteiger partial charge in [0.2, 0.25) is 0 Å². The van der Waals surface area contributed by atoms with Crippen LogP contribution in [0.25, 0.3) is 0 Å². The van der Waals surface area contributed by atoms with E-state index in [1.807, 2.05) is 13.8 Å². The van der Waals surface area contributed by atoms with Gasteiger partial charge in [0, 0.05) is 6.42 Å². The molecule has 0 amide bonds. The number of hydrogen-bond donors (Lipinski definition) is 0. The van der Waals surface area contributed by atoms with Crippen molar-refractivity contribution < 1.29 is 19.1 Å². The lowest BCUT2D eigenvalue weighted by molar-refractivity contribution is -0.160. The highest BCUT2D eigenvalue weighted by Gasteiger charge is 2.34. The van der Waals surface area contributed by atoms with Gasteiger partial charge in [-0.25, -0.2) is 0 Å². The highest BCUT2D eigenvalue weighted by Crippen LogP contribution is 2.30. The molecule has 0 bridgehead atoms. The van der Waals surface area contributed by atoms with E-state index in [4.69, 9.17) is 6.42 Å². The molecule has 16 heavy (non-hydrogen) atoms. The number of ether oxygens (including phenoxy) is 2. The van der Waals surface area contributed by atoms with Gasteiger partial charge in [-0.05, 0) is 11.8 Å². The predicted octanol–water partition coefficient (Wildman–Crippen LogP) is 1.39. The molecule has 0 N–H and O–H groups in total. The first-order valence-electron chi connectivity index (χ1n) is 4.97. The minimum Gasteiger partial charge on any atom is -0.468 e. The maximum absolute atomic E-state index is 11.4. The number of rotatable bonds is 5. The Balaban J connectivity index is 4.75. The summed E-state index contributed by atoms with van der Waals surface area (Å²) >= 11 is 0. The Morgan fingerprint density at radius 3 is 2.00 bits per heavy atom. The molecule has 0 aromatic rings. The van der Waals surface area contributed by atoms with Crippen LogP contribution in [0.1, 0.15) is 26.7 Å². The van der Waals surface area contributed by atoms with Crippen molar-refractivity contribution >= 4 is 11.9 Å². The Bertz CT molecular complexity index is 283. The molecule has 0 unspecified atom stereocenters. The van der Waals surface area contributed by atoms with Crippen molar-refractivity contribution in [3.05, 3.63) is 0 Å². The summed E-state index contributed by atoms with van der Waals surface area (Å²) in [5, 5.41) is 0. The SMILES string of the molecule is C#CCC(C)(C)CC(C(=O)OC)C(=O)OC. The highest BCUT2D eigenvalue weighted by molar-refractivity contribution is 5.94. The van der Waals surface area contributed by atoms with Crippen LogP contribution >= 0.6 is 0 Å². The summed E-state index contributed by atoms with van der Waals surface area (Å²) in [5.74, 6) is 0.446. The Morgan fingerprint density at radius 1 is 1.25 bits per heavy atom. The van der Waals surface area contributed by atoms with Crippen LogP contribution in [0.5, 0.6) is 0 Å². The lowest BCUT2D eigenvalue weighted by atomic mass is 9.80. The molecule has 4 heteroatoms. The van der Waals surface area contributed by atoms with Crippen molar-refractivity contribution in [2.24, 2.45) is 11.3 Å². The molecule has 0 saturated heterocycles. The Labute approximate surface area is 96.3 Å². The fourth-order valence-corrected chi connectivity index (χ4v) is 1.45. The summed E-state index contributed by atoms with van der Waals surface area (Å²) in [6.07, 6.45) is 6.02. The number of esters is 2. The number of carbonyl (C=O) groups excluding carboxylic acids is 2. The predicted molar refractivity (Wildman–Crippen MR) is 59.4 cm³/mol. The zero-order valence-corrected chi connectivity index (χ0v) is 10.2. The van der Waals surface area contributed by atoms with Crippen molar-refractivity contribution in [2.45, 2.75) is 26.7 Å². The molecule has 0 saturated carbocycles. The summed E-state index contributed by atoms with van der Waals surface area (Å²) in [6.45, 7) is 3.79. The van der Waals surface area contributed by atoms with E-state index < -0.39 is 17.9 Å². The fraction of sp³-hybridized carbons (Fsp3) is 0.667. The highest BCUT2D eigenvalue weighted by atomic mass is 16.5. The summed E-state index contributed by atoms with van der Waals surface area (Å²) in [6, 6.07) is 0. The number of methoxy groups -OCH3 is 2. The molecule has 0 rings (SSSR count). The Kier molecular flexibility index (Phi) is 5.59. The van der Waals surface area contributed by atoms with Crippen molar-refractivity contribution in [3.63, 3.8) is 0 Å². The van der Waals surface area contributed by atoms with Gasteiger partial charge < -0.3 is 9.47 Å². The van der Waals surface area contributed by atoms with Crippen molar-refractivity contribution in [1.82, 2.24) is 0 Å². The molecule has 0 atom stereocenters. The third-order valence-electron chi connectivity index (χ3n) is 2.31. The van der Waals surface area contributed by atoms with Gasteiger partial charge in [0.15, 0.2) is 5.92 Å². The van der Waals surface area contributed by atoms with Crippen LogP contribution in [0.3, 0.4) is 0 Å². The molecule has 0 radical (unpaired) electrons. The minimum absolute atomic E-state index is 0.304. The van der Waals surface area contributed by atoms with E-state index in [1.165, 1.54) is 14.2 Å². The van der Waals surface area contributed by atoms with Crippen LogP contribution in [-0.4, -0.2) is 26.2 Å². The van der Waals surface area contributed by atoms with Crippen LogP contribution in [-0.2, 0) is 19.1 Å². The lowest BCUT2D eigenvalue weighted by Crippen LogP contribution is -2.31. The topological polar surface area (TPSA) is 52.6 Å². The van der Waals surface area contributed by atoms with E-state index in [0.717, 1.165) is 0 Å². The molecule has 4 nitrogen and oxygen atoms in total. The second-order valence-electron chi connectivity index (χ2n) is 4.35. The molecule has 0 aromatic carbocycles. The fourth-order valence-electron chi connectivity index (χ4n) is 1.45. The van der Waals surface area contributed by atoms with E-state index in [9.17, 15) is 9.59 Å². The average Bonchev–Trinajstić information content (AvgIpc) is 2.23. The standard InChI is InChI=1S/C12H18O4/c1-6-7-12(2,3)8-9(10(13)15-4)11(14)16-5/h1,9H,7-8H2,2-5H3. The molecular weight excluding hydrogens is 208 g/mol. The van der Waals surface area contributed by atoms with Crippen molar-refractivity contribution in [2.75, 3.05) is 14.2 Å². The number of terminal acetylenes is 1. The second-order valence-corrected chi connectivity index (χ2v) is 4.35. The maximum Gasteiger partial charge on any atom is 0.320 e. The number of hydrogen-bond acceptors (Lipinski definition) is 4. The van der Waals surface area contributed by atoms with Gasteiger partial charge in [-0.1, -0.05) is 13.8 Å². The quantitative estimate of drug-likeness (QED) is 0.404. The van der Waals surface area contributed by atoms with Crippen molar-refractivity contribution in [3.8, 4) is 12.3 Å². The molecule has 0 aromatic heterocycles. The molecule has 0 fully saturated rings. The largest absolute Gasteiger partial charge is 0.468 e. The number of carbonyl (C=O) groups is 2. The average molecular weight is 226 g/mol. The summed E-state index contributed by atoms with van der Waals surface area (Å²) in [4.78, 5) is 22.8. The lowest BCUT2D eigenvalue weighted by Gasteiger charge is -2.25.